The number of carbonyl (C=O) groups excluding carboxylic acids is 1. The van der Waals surface area contributed by atoms with Gasteiger partial charge in [-0.3, -0.25) is 0 Å². The Balaban J connectivity index is 1.86. The first-order valence-corrected chi connectivity index (χ1v) is 11.1. The van der Waals surface area contributed by atoms with Crippen LogP contribution in [-0.2, 0) is 9.53 Å². The Kier molecular flexibility index (Phi) is 7.21. The van der Waals surface area contributed by atoms with Crippen LogP contribution in [0.4, 0.5) is 0 Å². The monoisotopic (exact) mass is 514 g/mol. The molecule has 7 heteroatoms. The summed E-state index contributed by atoms with van der Waals surface area (Å²) in [7, 11) is 0. The third-order valence-corrected chi connectivity index (χ3v) is 5.44. The van der Waals surface area contributed by atoms with Crippen LogP contribution >= 0.6 is 15.9 Å². The van der Waals surface area contributed by atoms with Gasteiger partial charge >= 0.3 is 5.97 Å². The van der Waals surface area contributed by atoms with E-state index >= 15 is 0 Å². The number of ether oxygens (including phenoxy) is 2. The zero-order chi connectivity index (χ0) is 23.9. The topological polar surface area (TPSA) is 85.3 Å². The molecule has 0 saturated carbocycles. The Morgan fingerprint density at radius 3 is 2.56 bits per heavy atom. The number of hydrogen-bond donors (Lipinski definition) is 0. The molecule has 0 radical (unpaired) electrons. The number of furan rings is 1. The van der Waals surface area contributed by atoms with Gasteiger partial charge in [-0.25, -0.2) is 9.78 Å². The van der Waals surface area contributed by atoms with Crippen molar-refractivity contribution < 1.29 is 18.7 Å². The van der Waals surface area contributed by atoms with Gasteiger partial charge in [0.2, 0.25) is 12.0 Å². The zero-order valence-electron chi connectivity index (χ0n) is 18.0. The molecular formula is C27H19BrN2O4. The average Bonchev–Trinajstić information content (AvgIpc) is 3.41. The molecule has 0 aliphatic carbocycles. The first kappa shape index (κ1) is 23.0. The average molecular weight is 515 g/mol. The van der Waals surface area contributed by atoms with Crippen LogP contribution in [-0.4, -0.2) is 17.6 Å². The van der Waals surface area contributed by atoms with Crippen molar-refractivity contribution in [1.82, 2.24) is 4.98 Å². The lowest BCUT2D eigenvalue weighted by atomic mass is 10.0. The highest BCUT2D eigenvalue weighted by Gasteiger charge is 2.28. The molecule has 2 aromatic heterocycles. The third kappa shape index (κ3) is 5.08. The number of esters is 1. The van der Waals surface area contributed by atoms with Crippen molar-refractivity contribution in [3.63, 3.8) is 0 Å². The van der Waals surface area contributed by atoms with Gasteiger partial charge in [0.05, 0.1) is 12.0 Å². The van der Waals surface area contributed by atoms with E-state index in [2.05, 4.69) is 33.6 Å². The van der Waals surface area contributed by atoms with Crippen LogP contribution in [0.5, 0.6) is 5.88 Å². The molecule has 0 aliphatic rings. The van der Waals surface area contributed by atoms with E-state index in [0.29, 0.717) is 22.6 Å². The molecule has 0 N–H and O–H groups in total. The summed E-state index contributed by atoms with van der Waals surface area (Å²) in [5.74, 6) is -0.142. The molecule has 168 valence electrons. The minimum absolute atomic E-state index is 0.00118. The predicted molar refractivity (Wildman–Crippen MR) is 131 cm³/mol. The summed E-state index contributed by atoms with van der Waals surface area (Å²) in [5.41, 5.74) is 2.57. The summed E-state index contributed by atoms with van der Waals surface area (Å²) in [6, 6.07) is 23.9. The van der Waals surface area contributed by atoms with Crippen LogP contribution in [0.15, 0.2) is 101 Å². The van der Waals surface area contributed by atoms with Gasteiger partial charge in [-0.2, -0.15) is 5.26 Å². The predicted octanol–water partition coefficient (Wildman–Crippen LogP) is 6.49. The number of carbonyl (C=O) groups is 1. The minimum atomic E-state index is -1.13. The number of nitriles is 1. The van der Waals surface area contributed by atoms with Gasteiger partial charge in [-0.15, -0.1) is 0 Å². The first-order valence-electron chi connectivity index (χ1n) is 10.3. The Morgan fingerprint density at radius 1 is 1.15 bits per heavy atom. The molecule has 1 unspecified atom stereocenters. The molecule has 6 nitrogen and oxygen atoms in total. The van der Waals surface area contributed by atoms with Gasteiger partial charge in [0.25, 0.3) is 0 Å². The van der Waals surface area contributed by atoms with E-state index in [0.717, 1.165) is 10.0 Å². The zero-order valence-corrected chi connectivity index (χ0v) is 19.6. The SMILES string of the molecule is C=CCOC(=O)C(Oc1nc(-c2ccc(Br)cc2)cc(-c2ccco2)c1C#N)c1ccccc1. The van der Waals surface area contributed by atoms with Crippen molar-refractivity contribution in [2.24, 2.45) is 0 Å². The number of hydrogen-bond acceptors (Lipinski definition) is 6. The van der Waals surface area contributed by atoms with E-state index in [1.165, 1.54) is 12.3 Å². The van der Waals surface area contributed by atoms with Crippen LogP contribution in [0.2, 0.25) is 0 Å². The van der Waals surface area contributed by atoms with Gasteiger partial charge in [0.15, 0.2) is 0 Å². The van der Waals surface area contributed by atoms with Crippen molar-refractivity contribution in [2.45, 2.75) is 6.10 Å². The van der Waals surface area contributed by atoms with Crippen LogP contribution in [0.1, 0.15) is 17.2 Å². The molecule has 1 atom stereocenters. The van der Waals surface area contributed by atoms with Gasteiger partial charge < -0.3 is 13.9 Å². The number of benzene rings is 2. The van der Waals surface area contributed by atoms with Crippen LogP contribution in [0, 0.1) is 11.3 Å². The lowest BCUT2D eigenvalue weighted by molar-refractivity contribution is -0.151. The van der Waals surface area contributed by atoms with Crippen LogP contribution < -0.4 is 4.74 Å². The van der Waals surface area contributed by atoms with E-state index in [1.54, 1.807) is 42.5 Å². The van der Waals surface area contributed by atoms with Crippen LogP contribution in [0.3, 0.4) is 0 Å². The number of rotatable bonds is 8. The van der Waals surface area contributed by atoms with E-state index in [4.69, 9.17) is 13.9 Å². The lowest BCUT2D eigenvalue weighted by Crippen LogP contribution is -2.22. The van der Waals surface area contributed by atoms with Crippen molar-refractivity contribution in [2.75, 3.05) is 6.61 Å². The van der Waals surface area contributed by atoms with E-state index in [9.17, 15) is 10.1 Å². The van der Waals surface area contributed by atoms with Crippen molar-refractivity contribution in [1.29, 1.82) is 5.26 Å². The molecule has 0 aliphatic heterocycles. The summed E-state index contributed by atoms with van der Waals surface area (Å²) in [6.45, 7) is 3.61. The summed E-state index contributed by atoms with van der Waals surface area (Å²) < 4.78 is 17.9. The molecule has 4 rings (SSSR count). The maximum atomic E-state index is 12.9. The van der Waals surface area contributed by atoms with Crippen molar-refractivity contribution in [3.05, 3.63) is 107 Å². The molecule has 0 saturated heterocycles. The summed E-state index contributed by atoms with van der Waals surface area (Å²) in [6.07, 6.45) is 1.86. The normalized spacial score (nSPS) is 11.3. The highest BCUT2D eigenvalue weighted by Crippen LogP contribution is 2.36. The molecule has 0 spiro atoms. The lowest BCUT2D eigenvalue weighted by Gasteiger charge is -2.19. The Bertz CT molecular complexity index is 1330. The van der Waals surface area contributed by atoms with Gasteiger partial charge in [-0.1, -0.05) is 71.0 Å². The maximum absolute atomic E-state index is 12.9. The van der Waals surface area contributed by atoms with E-state index in [-0.39, 0.29) is 18.1 Å². The fraction of sp³-hybridized carbons (Fsp3) is 0.0741. The number of pyridine rings is 1. The highest BCUT2D eigenvalue weighted by atomic mass is 79.9. The van der Waals surface area contributed by atoms with E-state index in [1.807, 2.05) is 30.3 Å². The van der Waals surface area contributed by atoms with Crippen molar-refractivity contribution >= 4 is 21.9 Å². The standard InChI is InChI=1S/C27H19BrN2O4/c1-2-14-33-27(31)25(19-7-4-3-5-8-19)34-26-22(17-29)21(24-9-6-15-32-24)16-23(30-26)18-10-12-20(28)13-11-18/h2-13,15-16,25H,1,14H2. The smallest absolute Gasteiger partial charge is 0.352 e. The number of halogens is 1. The molecule has 0 fully saturated rings. The molecule has 0 amide bonds. The summed E-state index contributed by atoms with van der Waals surface area (Å²) in [5, 5.41) is 10.0. The fourth-order valence-electron chi connectivity index (χ4n) is 3.32. The third-order valence-electron chi connectivity index (χ3n) is 4.91. The second-order valence-electron chi connectivity index (χ2n) is 7.16. The number of aromatic nitrogens is 1. The molecule has 2 heterocycles. The second kappa shape index (κ2) is 10.6. The summed E-state index contributed by atoms with van der Waals surface area (Å²) in [4.78, 5) is 17.5. The summed E-state index contributed by atoms with van der Waals surface area (Å²) >= 11 is 3.43. The molecule has 34 heavy (non-hydrogen) atoms. The highest BCUT2D eigenvalue weighted by molar-refractivity contribution is 9.10. The Labute approximate surface area is 205 Å². The Hall–Kier alpha value is -4.15. The minimum Gasteiger partial charge on any atom is -0.464 e. The van der Waals surface area contributed by atoms with Gasteiger partial charge in [0, 0.05) is 21.2 Å². The van der Waals surface area contributed by atoms with Gasteiger partial charge in [0.1, 0.15) is 24.0 Å². The fourth-order valence-corrected chi connectivity index (χ4v) is 3.58. The molecule has 0 bridgehead atoms. The second-order valence-corrected chi connectivity index (χ2v) is 8.07. The quantitative estimate of drug-likeness (QED) is 0.197. The molecular weight excluding hydrogens is 496 g/mol. The van der Waals surface area contributed by atoms with Gasteiger partial charge in [-0.05, 0) is 30.3 Å². The largest absolute Gasteiger partial charge is 0.464 e. The maximum Gasteiger partial charge on any atom is 0.352 e. The Morgan fingerprint density at radius 2 is 1.91 bits per heavy atom. The van der Waals surface area contributed by atoms with E-state index < -0.39 is 12.1 Å². The van der Waals surface area contributed by atoms with Crippen LogP contribution in [0.25, 0.3) is 22.6 Å². The molecule has 4 aromatic rings. The first-order chi connectivity index (χ1) is 16.6. The number of nitrogens with zero attached hydrogens (tertiary/aromatic N) is 2. The van der Waals surface area contributed by atoms with Crippen molar-refractivity contribution in [3.8, 4) is 34.5 Å². The molecule has 2 aromatic carbocycles.